The highest BCUT2D eigenvalue weighted by Gasteiger charge is 2.29. The summed E-state index contributed by atoms with van der Waals surface area (Å²) in [6.07, 6.45) is 2.05. The van der Waals surface area contributed by atoms with Crippen molar-refractivity contribution in [3.63, 3.8) is 0 Å². The predicted octanol–water partition coefficient (Wildman–Crippen LogP) is 2.67. The molecule has 0 radical (unpaired) electrons. The summed E-state index contributed by atoms with van der Waals surface area (Å²) >= 11 is 0. The molecule has 1 fully saturated rings. The Morgan fingerprint density at radius 3 is 2.74 bits per heavy atom. The smallest absolute Gasteiger partial charge is 0.241 e. The van der Waals surface area contributed by atoms with E-state index in [0.717, 1.165) is 29.7 Å². The van der Waals surface area contributed by atoms with Crippen molar-refractivity contribution < 1.29 is 9.53 Å². The van der Waals surface area contributed by atoms with Gasteiger partial charge in [0.15, 0.2) is 0 Å². The highest BCUT2D eigenvalue weighted by molar-refractivity contribution is 6.02. The van der Waals surface area contributed by atoms with Gasteiger partial charge < -0.3 is 10.1 Å². The number of carbonyl (C=O) groups is 1. The number of nitrogens with one attached hydrogen (secondary N) is 1. The lowest BCUT2D eigenvalue weighted by Crippen LogP contribution is -2.52. The van der Waals surface area contributed by atoms with E-state index in [4.69, 9.17) is 4.74 Å². The van der Waals surface area contributed by atoms with Gasteiger partial charge in [0.1, 0.15) is 0 Å². The summed E-state index contributed by atoms with van der Waals surface area (Å²) in [7, 11) is 0. The van der Waals surface area contributed by atoms with Crippen molar-refractivity contribution in [2.45, 2.75) is 39.0 Å². The number of pyridine rings is 1. The number of hydrogen-bond donors (Lipinski definition) is 1. The second-order valence-electron chi connectivity index (χ2n) is 6.25. The number of morpholine rings is 1. The number of aromatic nitrogens is 1. The Balaban J connectivity index is 1.75. The first-order valence-corrected chi connectivity index (χ1v) is 8.08. The van der Waals surface area contributed by atoms with Crippen LogP contribution in [0, 0.1) is 0 Å². The highest BCUT2D eigenvalue weighted by Crippen LogP contribution is 2.22. The molecule has 1 aliphatic rings. The molecule has 3 rings (SSSR count). The average Bonchev–Trinajstić information content (AvgIpc) is 2.53. The van der Waals surface area contributed by atoms with Gasteiger partial charge in [-0.05, 0) is 45.0 Å². The lowest BCUT2D eigenvalue weighted by atomic mass is 10.1. The summed E-state index contributed by atoms with van der Waals surface area (Å²) < 4.78 is 5.74. The SMILES string of the molecule is C[C@@H]1CN([C@H](C)C(=O)Nc2cccc3ncccc23)C[C@H](C)O1. The average molecular weight is 313 g/mol. The molecule has 1 aromatic carbocycles. The molecule has 1 aliphatic heterocycles. The molecule has 0 aliphatic carbocycles. The van der Waals surface area contributed by atoms with Gasteiger partial charge in [-0.3, -0.25) is 14.7 Å². The third kappa shape index (κ3) is 3.51. The Morgan fingerprint density at radius 1 is 1.26 bits per heavy atom. The molecule has 5 heteroatoms. The van der Waals surface area contributed by atoms with Crippen LogP contribution in [0.25, 0.3) is 10.9 Å². The van der Waals surface area contributed by atoms with Crippen LogP contribution in [0.4, 0.5) is 5.69 Å². The third-order valence-electron chi connectivity index (χ3n) is 4.28. The Labute approximate surface area is 136 Å². The van der Waals surface area contributed by atoms with E-state index in [1.54, 1.807) is 6.20 Å². The number of amides is 1. The summed E-state index contributed by atoms with van der Waals surface area (Å²) in [5.74, 6) is 0.00246. The number of nitrogens with zero attached hydrogens (tertiary/aromatic N) is 2. The van der Waals surface area contributed by atoms with Gasteiger partial charge >= 0.3 is 0 Å². The summed E-state index contributed by atoms with van der Waals surface area (Å²) in [5.41, 5.74) is 1.69. The van der Waals surface area contributed by atoms with Crippen molar-refractivity contribution in [2.75, 3.05) is 18.4 Å². The van der Waals surface area contributed by atoms with E-state index < -0.39 is 0 Å². The van der Waals surface area contributed by atoms with Gasteiger partial charge in [0, 0.05) is 24.7 Å². The van der Waals surface area contributed by atoms with Crippen LogP contribution >= 0.6 is 0 Å². The second-order valence-corrected chi connectivity index (χ2v) is 6.25. The first-order chi connectivity index (χ1) is 11.0. The monoisotopic (exact) mass is 313 g/mol. The van der Waals surface area contributed by atoms with Crippen LogP contribution in [0.1, 0.15) is 20.8 Å². The minimum absolute atomic E-state index is 0.00246. The van der Waals surface area contributed by atoms with Crippen LogP contribution in [0.5, 0.6) is 0 Å². The minimum atomic E-state index is -0.198. The van der Waals surface area contributed by atoms with Crippen molar-refractivity contribution in [1.29, 1.82) is 0 Å². The van der Waals surface area contributed by atoms with Crippen LogP contribution in [0.2, 0.25) is 0 Å². The summed E-state index contributed by atoms with van der Waals surface area (Å²) in [6, 6.07) is 9.43. The minimum Gasteiger partial charge on any atom is -0.373 e. The molecule has 5 nitrogen and oxygen atoms in total. The molecule has 2 heterocycles. The molecule has 2 aromatic rings. The Morgan fingerprint density at radius 2 is 2.00 bits per heavy atom. The quantitative estimate of drug-likeness (QED) is 0.946. The van der Waals surface area contributed by atoms with Gasteiger partial charge in [0.2, 0.25) is 5.91 Å². The molecule has 0 saturated carbocycles. The van der Waals surface area contributed by atoms with Crippen molar-refractivity contribution in [2.24, 2.45) is 0 Å². The van der Waals surface area contributed by atoms with Gasteiger partial charge in [0.05, 0.1) is 29.5 Å². The number of rotatable bonds is 3. The van der Waals surface area contributed by atoms with E-state index in [9.17, 15) is 4.79 Å². The molecule has 1 aromatic heterocycles. The van der Waals surface area contributed by atoms with Crippen molar-refractivity contribution >= 4 is 22.5 Å². The van der Waals surface area contributed by atoms with Crippen LogP contribution in [-0.4, -0.2) is 47.1 Å². The zero-order chi connectivity index (χ0) is 16.4. The van der Waals surface area contributed by atoms with Crippen LogP contribution in [-0.2, 0) is 9.53 Å². The van der Waals surface area contributed by atoms with Crippen molar-refractivity contribution in [3.8, 4) is 0 Å². The maximum atomic E-state index is 12.7. The number of ether oxygens (including phenoxy) is 1. The normalized spacial score (nSPS) is 23.6. The molecule has 1 amide bonds. The summed E-state index contributed by atoms with van der Waals surface area (Å²) in [5, 5.41) is 4.01. The maximum absolute atomic E-state index is 12.7. The van der Waals surface area contributed by atoms with E-state index in [0.29, 0.717) is 0 Å². The Bertz CT molecular complexity index is 688. The fourth-order valence-corrected chi connectivity index (χ4v) is 3.15. The number of hydrogen-bond acceptors (Lipinski definition) is 4. The van der Waals surface area contributed by atoms with Crippen molar-refractivity contribution in [1.82, 2.24) is 9.88 Å². The summed E-state index contributed by atoms with van der Waals surface area (Å²) in [4.78, 5) is 19.2. The van der Waals surface area contributed by atoms with E-state index in [2.05, 4.69) is 15.2 Å². The molecule has 23 heavy (non-hydrogen) atoms. The Kier molecular flexibility index (Phi) is 4.59. The van der Waals surface area contributed by atoms with Gasteiger partial charge in [-0.15, -0.1) is 0 Å². The molecule has 0 bridgehead atoms. The molecule has 3 atom stereocenters. The van der Waals surface area contributed by atoms with E-state index in [1.807, 2.05) is 51.1 Å². The molecule has 1 saturated heterocycles. The summed E-state index contributed by atoms with van der Waals surface area (Å²) in [6.45, 7) is 7.59. The standard InChI is InChI=1S/C18H23N3O2/c1-12-10-21(11-13(2)23-12)14(3)18(22)20-17-8-4-7-16-15(17)6-5-9-19-16/h4-9,12-14H,10-11H2,1-3H3,(H,20,22)/t12-,13+,14-/m1/s1. The van der Waals surface area contributed by atoms with Crippen LogP contribution in [0.15, 0.2) is 36.5 Å². The van der Waals surface area contributed by atoms with Gasteiger partial charge in [-0.1, -0.05) is 6.07 Å². The highest BCUT2D eigenvalue weighted by atomic mass is 16.5. The molecular formula is C18H23N3O2. The predicted molar refractivity (Wildman–Crippen MR) is 91.4 cm³/mol. The second kappa shape index (κ2) is 6.64. The molecule has 0 unspecified atom stereocenters. The zero-order valence-electron chi connectivity index (χ0n) is 13.8. The van der Waals surface area contributed by atoms with Gasteiger partial charge in [-0.25, -0.2) is 0 Å². The van der Waals surface area contributed by atoms with Gasteiger partial charge in [0.25, 0.3) is 0 Å². The number of benzene rings is 1. The Hall–Kier alpha value is -1.98. The van der Waals surface area contributed by atoms with Crippen LogP contribution < -0.4 is 5.32 Å². The van der Waals surface area contributed by atoms with Gasteiger partial charge in [-0.2, -0.15) is 0 Å². The first-order valence-electron chi connectivity index (χ1n) is 8.08. The zero-order valence-corrected chi connectivity index (χ0v) is 13.8. The lowest BCUT2D eigenvalue weighted by molar-refractivity contribution is -0.126. The lowest BCUT2D eigenvalue weighted by Gasteiger charge is -2.38. The molecular weight excluding hydrogens is 290 g/mol. The largest absolute Gasteiger partial charge is 0.373 e. The fourth-order valence-electron chi connectivity index (χ4n) is 3.15. The number of fused-ring (bicyclic) bond motifs is 1. The fraction of sp³-hybridized carbons (Fsp3) is 0.444. The number of carbonyl (C=O) groups excluding carboxylic acids is 1. The molecule has 0 spiro atoms. The maximum Gasteiger partial charge on any atom is 0.241 e. The van der Waals surface area contributed by atoms with Crippen LogP contribution in [0.3, 0.4) is 0 Å². The van der Waals surface area contributed by atoms with Crippen molar-refractivity contribution in [3.05, 3.63) is 36.5 Å². The van der Waals surface area contributed by atoms with E-state index >= 15 is 0 Å². The number of anilines is 1. The molecule has 122 valence electrons. The topological polar surface area (TPSA) is 54.5 Å². The molecule has 1 N–H and O–H groups in total. The van der Waals surface area contributed by atoms with E-state index in [1.165, 1.54) is 0 Å². The third-order valence-corrected chi connectivity index (χ3v) is 4.28. The van der Waals surface area contributed by atoms with E-state index in [-0.39, 0.29) is 24.2 Å². The first kappa shape index (κ1) is 15.9.